The molecular formula is C22H23ClN2O5S. The van der Waals surface area contributed by atoms with Crippen molar-refractivity contribution < 1.29 is 22.7 Å². The van der Waals surface area contributed by atoms with E-state index in [9.17, 15) is 13.2 Å². The molecule has 0 atom stereocenters. The van der Waals surface area contributed by atoms with Crippen molar-refractivity contribution in [1.82, 2.24) is 9.29 Å². The summed E-state index contributed by atoms with van der Waals surface area (Å²) in [6, 6.07) is 13.6. The van der Waals surface area contributed by atoms with Gasteiger partial charge >= 0.3 is 5.97 Å². The van der Waals surface area contributed by atoms with Crippen molar-refractivity contribution in [2.75, 3.05) is 13.1 Å². The van der Waals surface area contributed by atoms with E-state index in [0.29, 0.717) is 43.0 Å². The molecule has 0 unspecified atom stereocenters. The Morgan fingerprint density at radius 1 is 1.06 bits per heavy atom. The molecule has 0 saturated carbocycles. The molecule has 164 valence electrons. The van der Waals surface area contributed by atoms with Crippen LogP contribution in [0.3, 0.4) is 0 Å². The highest BCUT2D eigenvalue weighted by atomic mass is 35.5. The Bertz CT molecular complexity index is 1120. The van der Waals surface area contributed by atoms with E-state index in [1.807, 2.05) is 18.2 Å². The van der Waals surface area contributed by atoms with Crippen molar-refractivity contribution in [3.8, 4) is 0 Å². The monoisotopic (exact) mass is 462 g/mol. The first kappa shape index (κ1) is 23.0. The summed E-state index contributed by atoms with van der Waals surface area (Å²) in [6.45, 7) is 0.609. The highest BCUT2D eigenvalue weighted by Crippen LogP contribution is 2.18. The molecule has 1 N–H and O–H groups in total. The summed E-state index contributed by atoms with van der Waals surface area (Å²) in [5.74, 6) is -0.751. The number of aryl methyl sites for hydroxylation is 2. The van der Waals surface area contributed by atoms with E-state index in [1.54, 1.807) is 18.2 Å². The molecular weight excluding hydrogens is 440 g/mol. The van der Waals surface area contributed by atoms with E-state index in [1.165, 1.54) is 28.8 Å². The average molecular weight is 463 g/mol. The Hall–Kier alpha value is -2.68. The summed E-state index contributed by atoms with van der Waals surface area (Å²) in [5, 5.41) is 9.61. The lowest BCUT2D eigenvalue weighted by molar-refractivity contribution is 0.0660. The van der Waals surface area contributed by atoms with E-state index in [4.69, 9.17) is 21.1 Å². The number of carboxylic acids is 1. The van der Waals surface area contributed by atoms with Crippen LogP contribution in [0.2, 0.25) is 5.02 Å². The van der Waals surface area contributed by atoms with Gasteiger partial charge in [0.2, 0.25) is 15.8 Å². The summed E-state index contributed by atoms with van der Waals surface area (Å²) in [4.78, 5) is 15.0. The molecule has 3 rings (SSSR count). The zero-order valence-electron chi connectivity index (χ0n) is 16.8. The topological polar surface area (TPSA) is 101 Å². The van der Waals surface area contributed by atoms with E-state index in [-0.39, 0.29) is 17.2 Å². The Balaban J connectivity index is 1.66. The number of hydrogen-bond donors (Lipinski definition) is 1. The Morgan fingerprint density at radius 2 is 1.84 bits per heavy atom. The lowest BCUT2D eigenvalue weighted by atomic mass is 10.1. The summed E-state index contributed by atoms with van der Waals surface area (Å²) < 4.78 is 33.0. The lowest BCUT2D eigenvalue weighted by Gasteiger charge is -2.22. The maximum Gasteiger partial charge on any atom is 0.371 e. The van der Waals surface area contributed by atoms with Crippen LogP contribution >= 0.6 is 11.6 Å². The van der Waals surface area contributed by atoms with Crippen LogP contribution in [0.1, 0.15) is 34.7 Å². The van der Waals surface area contributed by atoms with Crippen LogP contribution in [0.15, 0.2) is 70.2 Å². The predicted molar refractivity (Wildman–Crippen MR) is 117 cm³/mol. The second kappa shape index (κ2) is 10.6. The quantitative estimate of drug-likeness (QED) is 0.456. The van der Waals surface area contributed by atoms with E-state index < -0.39 is 16.0 Å². The highest BCUT2D eigenvalue weighted by Gasteiger charge is 2.24. The number of nitrogens with zero attached hydrogens (tertiary/aromatic N) is 2. The normalized spacial score (nSPS) is 11.7. The van der Waals surface area contributed by atoms with Crippen molar-refractivity contribution >= 4 is 27.6 Å². The first-order valence-electron chi connectivity index (χ1n) is 9.83. The molecule has 7 nitrogen and oxygen atoms in total. The van der Waals surface area contributed by atoms with Gasteiger partial charge < -0.3 is 9.52 Å². The van der Waals surface area contributed by atoms with Gasteiger partial charge in [-0.25, -0.2) is 13.2 Å². The zero-order chi connectivity index (χ0) is 22.3. The molecule has 1 aromatic carbocycles. The molecule has 0 bridgehead atoms. The smallest absolute Gasteiger partial charge is 0.371 e. The minimum Gasteiger partial charge on any atom is -0.475 e. The molecule has 0 amide bonds. The maximum atomic E-state index is 13.1. The minimum atomic E-state index is -3.71. The molecule has 31 heavy (non-hydrogen) atoms. The second-order valence-electron chi connectivity index (χ2n) is 7.00. The van der Waals surface area contributed by atoms with Crippen molar-refractivity contribution in [1.29, 1.82) is 0 Å². The van der Waals surface area contributed by atoms with E-state index in [0.717, 1.165) is 5.56 Å². The third-order valence-electron chi connectivity index (χ3n) is 4.74. The first-order chi connectivity index (χ1) is 14.9. The Kier molecular flexibility index (Phi) is 7.84. The van der Waals surface area contributed by atoms with Crippen molar-refractivity contribution in [2.45, 2.75) is 30.6 Å². The van der Waals surface area contributed by atoms with Gasteiger partial charge in [0.1, 0.15) is 10.7 Å². The maximum absolute atomic E-state index is 13.1. The van der Waals surface area contributed by atoms with Crippen LogP contribution in [0, 0.1) is 0 Å². The SMILES string of the molecule is O=C(O)c1ccc(CCCN(CCCc2cccc(Cl)c2)S(=O)(=O)c2cccnc2)o1. The predicted octanol–water partition coefficient (Wildman–Crippen LogP) is 4.28. The second-order valence-corrected chi connectivity index (χ2v) is 9.38. The fraction of sp³-hybridized carbons (Fsp3) is 0.273. The molecule has 2 aromatic heterocycles. The molecule has 0 spiro atoms. The highest BCUT2D eigenvalue weighted by molar-refractivity contribution is 7.89. The fourth-order valence-corrected chi connectivity index (χ4v) is 4.90. The minimum absolute atomic E-state index is 0.128. The molecule has 2 heterocycles. The van der Waals surface area contributed by atoms with Gasteiger partial charge in [0.05, 0.1) is 0 Å². The van der Waals surface area contributed by atoms with Gasteiger partial charge in [-0.1, -0.05) is 23.7 Å². The van der Waals surface area contributed by atoms with Gasteiger partial charge in [0.15, 0.2) is 0 Å². The molecule has 0 aliphatic rings. The number of pyridine rings is 1. The van der Waals surface area contributed by atoms with Crippen LogP contribution in [0.4, 0.5) is 0 Å². The number of carbonyl (C=O) groups is 1. The van der Waals surface area contributed by atoms with Gasteiger partial charge in [0.25, 0.3) is 0 Å². The Morgan fingerprint density at radius 3 is 2.48 bits per heavy atom. The molecule has 0 fully saturated rings. The zero-order valence-corrected chi connectivity index (χ0v) is 18.3. The Labute approximate surface area is 186 Å². The van der Waals surface area contributed by atoms with Crippen LogP contribution in [-0.2, 0) is 22.9 Å². The van der Waals surface area contributed by atoms with Crippen molar-refractivity contribution in [3.05, 3.63) is 83.0 Å². The van der Waals surface area contributed by atoms with Crippen LogP contribution in [0.5, 0.6) is 0 Å². The van der Waals surface area contributed by atoms with Crippen molar-refractivity contribution in [3.63, 3.8) is 0 Å². The number of rotatable bonds is 11. The largest absolute Gasteiger partial charge is 0.475 e. The third-order valence-corrected chi connectivity index (χ3v) is 6.85. The van der Waals surface area contributed by atoms with Gasteiger partial charge in [-0.15, -0.1) is 0 Å². The number of hydrogen-bond acceptors (Lipinski definition) is 5. The molecule has 3 aromatic rings. The summed E-state index contributed by atoms with van der Waals surface area (Å²) in [6.07, 6.45) is 5.11. The van der Waals surface area contributed by atoms with E-state index in [2.05, 4.69) is 4.98 Å². The van der Waals surface area contributed by atoms with Gasteiger partial charge in [-0.05, 0) is 61.2 Å². The number of furan rings is 1. The first-order valence-corrected chi connectivity index (χ1v) is 11.6. The summed E-state index contributed by atoms with van der Waals surface area (Å²) in [7, 11) is -3.71. The number of aromatic carboxylic acids is 1. The van der Waals surface area contributed by atoms with Crippen LogP contribution in [0.25, 0.3) is 0 Å². The fourth-order valence-electron chi connectivity index (χ4n) is 3.21. The number of halogens is 1. The average Bonchev–Trinajstić information content (AvgIpc) is 3.23. The summed E-state index contributed by atoms with van der Waals surface area (Å²) in [5.41, 5.74) is 1.04. The third kappa shape index (κ3) is 6.40. The van der Waals surface area contributed by atoms with E-state index >= 15 is 0 Å². The standard InChI is InChI=1S/C22H23ClN2O5S/c23-18-7-1-5-17(15-18)6-3-13-25(31(28,29)20-9-2-12-24-16-20)14-4-8-19-10-11-21(30-19)22(26)27/h1-2,5,7,9-12,15-16H,3-4,6,8,13-14H2,(H,26,27). The number of aromatic nitrogens is 1. The van der Waals surface area contributed by atoms with Gasteiger partial charge in [-0.3, -0.25) is 4.98 Å². The lowest BCUT2D eigenvalue weighted by Crippen LogP contribution is -2.33. The number of carboxylic acid groups (broad SMARTS) is 1. The molecule has 0 radical (unpaired) electrons. The van der Waals surface area contributed by atoms with Crippen LogP contribution in [-0.4, -0.2) is 41.9 Å². The van der Waals surface area contributed by atoms with Gasteiger partial charge in [-0.2, -0.15) is 4.31 Å². The van der Waals surface area contributed by atoms with Crippen molar-refractivity contribution in [2.24, 2.45) is 0 Å². The molecule has 0 aliphatic heterocycles. The molecule has 0 aliphatic carbocycles. The molecule has 0 saturated heterocycles. The number of benzene rings is 1. The van der Waals surface area contributed by atoms with Crippen LogP contribution < -0.4 is 0 Å². The van der Waals surface area contributed by atoms with Gasteiger partial charge in [0, 0.05) is 36.9 Å². The summed E-state index contributed by atoms with van der Waals surface area (Å²) >= 11 is 6.03. The number of sulfonamides is 1. The molecule has 9 heteroatoms.